The molecule has 0 saturated carbocycles. The number of hydrogen-bond donors (Lipinski definition) is 0. The van der Waals surface area contributed by atoms with Crippen LogP contribution in [0, 0.1) is 13.8 Å². The molecule has 1 aromatic carbocycles. The van der Waals surface area contributed by atoms with Crippen LogP contribution in [0.25, 0.3) is 0 Å². The van der Waals surface area contributed by atoms with Gasteiger partial charge in [-0.15, -0.1) is 0 Å². The lowest BCUT2D eigenvalue weighted by Gasteiger charge is -2.40. The number of carbonyl (C=O) groups excluding carboxylic acids is 1. The third-order valence-corrected chi connectivity index (χ3v) is 4.60. The molecule has 1 fully saturated rings. The molecule has 5 heteroatoms. The van der Waals surface area contributed by atoms with E-state index >= 15 is 0 Å². The molecule has 1 aliphatic rings. The molecule has 2 heterocycles. The zero-order chi connectivity index (χ0) is 16.4. The first kappa shape index (κ1) is 15.7. The molecule has 1 saturated heterocycles. The molecule has 1 atom stereocenters. The van der Waals surface area contributed by atoms with Gasteiger partial charge >= 0.3 is 0 Å². The Balaban J connectivity index is 1.82. The number of likely N-dealkylation sites (N-methyl/N-ethyl adjacent to an activating group) is 1. The van der Waals surface area contributed by atoms with Crippen molar-refractivity contribution < 1.29 is 9.32 Å². The number of carbonyl (C=O) groups is 1. The van der Waals surface area contributed by atoms with E-state index in [1.54, 1.807) is 0 Å². The molecule has 23 heavy (non-hydrogen) atoms. The van der Waals surface area contributed by atoms with Gasteiger partial charge in [-0.25, -0.2) is 0 Å². The number of benzene rings is 1. The highest BCUT2D eigenvalue weighted by Gasteiger charge is 2.30. The van der Waals surface area contributed by atoms with Crippen molar-refractivity contribution in [2.75, 3.05) is 26.7 Å². The summed E-state index contributed by atoms with van der Waals surface area (Å²) in [6, 6.07) is 10.4. The second kappa shape index (κ2) is 6.54. The highest BCUT2D eigenvalue weighted by atomic mass is 16.5. The molecule has 0 N–H and O–H groups in total. The first-order valence-corrected chi connectivity index (χ1v) is 8.01. The van der Waals surface area contributed by atoms with Crippen LogP contribution in [0.2, 0.25) is 0 Å². The highest BCUT2D eigenvalue weighted by molar-refractivity contribution is 5.80. The maximum absolute atomic E-state index is 12.9. The molecule has 0 bridgehead atoms. The average Bonchev–Trinajstić information content (AvgIpc) is 2.87. The number of aromatic nitrogens is 1. The van der Waals surface area contributed by atoms with E-state index in [1.165, 1.54) is 5.56 Å². The van der Waals surface area contributed by atoms with Gasteiger partial charge in [0.2, 0.25) is 5.91 Å². The minimum absolute atomic E-state index is 0.0999. The van der Waals surface area contributed by atoms with Gasteiger partial charge in [0.05, 0.1) is 18.2 Å². The van der Waals surface area contributed by atoms with E-state index < -0.39 is 0 Å². The standard InChI is InChI=1S/C18H23N3O2/c1-13-16(14(2)23-19-13)11-18(22)21-10-9-20(3)12-17(21)15-7-5-4-6-8-15/h4-8,17H,9-12H2,1-3H3/t17-/m0/s1. The third kappa shape index (κ3) is 3.29. The van der Waals surface area contributed by atoms with Crippen molar-refractivity contribution in [3.63, 3.8) is 0 Å². The van der Waals surface area contributed by atoms with E-state index in [4.69, 9.17) is 4.52 Å². The molecule has 0 radical (unpaired) electrons. The van der Waals surface area contributed by atoms with Gasteiger partial charge in [-0.1, -0.05) is 35.5 Å². The summed E-state index contributed by atoms with van der Waals surface area (Å²) >= 11 is 0. The van der Waals surface area contributed by atoms with E-state index in [1.807, 2.05) is 36.9 Å². The summed E-state index contributed by atoms with van der Waals surface area (Å²) < 4.78 is 5.18. The Hall–Kier alpha value is -2.14. The topological polar surface area (TPSA) is 49.6 Å². The summed E-state index contributed by atoms with van der Waals surface area (Å²) in [5.41, 5.74) is 2.91. The van der Waals surface area contributed by atoms with Crippen molar-refractivity contribution in [1.29, 1.82) is 0 Å². The number of rotatable bonds is 3. The van der Waals surface area contributed by atoms with E-state index in [-0.39, 0.29) is 11.9 Å². The minimum atomic E-state index is 0.0999. The lowest BCUT2D eigenvalue weighted by Crippen LogP contribution is -2.49. The van der Waals surface area contributed by atoms with Crippen molar-refractivity contribution in [3.8, 4) is 0 Å². The molecule has 1 amide bonds. The summed E-state index contributed by atoms with van der Waals surface area (Å²) in [5, 5.41) is 3.95. The van der Waals surface area contributed by atoms with Crippen LogP contribution in [0.1, 0.15) is 28.6 Å². The Bertz CT molecular complexity index is 661. The Morgan fingerprint density at radius 1 is 1.26 bits per heavy atom. The van der Waals surface area contributed by atoms with Crippen molar-refractivity contribution in [2.45, 2.75) is 26.3 Å². The molecular weight excluding hydrogens is 290 g/mol. The Morgan fingerprint density at radius 2 is 2.00 bits per heavy atom. The third-order valence-electron chi connectivity index (χ3n) is 4.60. The molecule has 122 valence electrons. The van der Waals surface area contributed by atoms with Gasteiger partial charge in [0.15, 0.2) is 0 Å². The Labute approximate surface area is 136 Å². The lowest BCUT2D eigenvalue weighted by molar-refractivity contribution is -0.135. The fraction of sp³-hybridized carbons (Fsp3) is 0.444. The van der Waals surface area contributed by atoms with Crippen LogP contribution < -0.4 is 0 Å². The molecule has 1 aliphatic heterocycles. The van der Waals surface area contributed by atoms with Crippen molar-refractivity contribution in [1.82, 2.24) is 15.0 Å². The lowest BCUT2D eigenvalue weighted by atomic mass is 10.0. The monoisotopic (exact) mass is 313 g/mol. The van der Waals surface area contributed by atoms with Crippen LogP contribution in [0.4, 0.5) is 0 Å². The first-order chi connectivity index (χ1) is 11.1. The quantitative estimate of drug-likeness (QED) is 0.873. The summed E-state index contributed by atoms with van der Waals surface area (Å²) in [6.45, 7) is 6.26. The Kier molecular flexibility index (Phi) is 4.48. The zero-order valence-corrected chi connectivity index (χ0v) is 14.0. The van der Waals surface area contributed by atoms with Gasteiger partial charge in [0.1, 0.15) is 5.76 Å². The van der Waals surface area contributed by atoms with Gasteiger partial charge in [-0.2, -0.15) is 0 Å². The molecule has 5 nitrogen and oxygen atoms in total. The fourth-order valence-electron chi connectivity index (χ4n) is 3.19. The molecule has 3 rings (SSSR count). The van der Waals surface area contributed by atoms with Crippen molar-refractivity contribution in [3.05, 3.63) is 52.9 Å². The molecular formula is C18H23N3O2. The Morgan fingerprint density at radius 3 is 2.65 bits per heavy atom. The van der Waals surface area contributed by atoms with E-state index in [0.29, 0.717) is 6.42 Å². The molecule has 0 spiro atoms. The second-order valence-corrected chi connectivity index (χ2v) is 6.26. The summed E-state index contributed by atoms with van der Waals surface area (Å²) in [4.78, 5) is 17.2. The van der Waals surface area contributed by atoms with Gasteiger partial charge in [0.25, 0.3) is 0 Å². The first-order valence-electron chi connectivity index (χ1n) is 8.01. The van der Waals surface area contributed by atoms with Gasteiger partial charge in [-0.3, -0.25) is 4.79 Å². The summed E-state index contributed by atoms with van der Waals surface area (Å²) in [5.74, 6) is 0.877. The number of hydrogen-bond acceptors (Lipinski definition) is 4. The minimum Gasteiger partial charge on any atom is -0.361 e. The summed E-state index contributed by atoms with van der Waals surface area (Å²) in [6.07, 6.45) is 0.355. The second-order valence-electron chi connectivity index (χ2n) is 6.26. The van der Waals surface area contributed by atoms with Crippen LogP contribution in [0.15, 0.2) is 34.9 Å². The molecule has 0 unspecified atom stereocenters. The molecule has 1 aromatic heterocycles. The van der Waals surface area contributed by atoms with Crippen LogP contribution in [0.3, 0.4) is 0 Å². The largest absolute Gasteiger partial charge is 0.361 e. The van der Waals surface area contributed by atoms with Gasteiger partial charge in [-0.05, 0) is 26.5 Å². The maximum atomic E-state index is 12.9. The van der Waals surface area contributed by atoms with Crippen molar-refractivity contribution in [2.24, 2.45) is 0 Å². The number of amides is 1. The van der Waals surface area contributed by atoms with Crippen LogP contribution >= 0.6 is 0 Å². The predicted octanol–water partition coefficient (Wildman–Crippen LogP) is 2.35. The smallest absolute Gasteiger partial charge is 0.227 e. The number of piperazine rings is 1. The van der Waals surface area contributed by atoms with E-state index in [0.717, 1.165) is 36.7 Å². The normalized spacial score (nSPS) is 19.1. The fourth-order valence-corrected chi connectivity index (χ4v) is 3.19. The van der Waals surface area contributed by atoms with Gasteiger partial charge < -0.3 is 14.3 Å². The van der Waals surface area contributed by atoms with Crippen LogP contribution in [-0.2, 0) is 11.2 Å². The molecule has 0 aliphatic carbocycles. The van der Waals surface area contributed by atoms with Crippen LogP contribution in [0.5, 0.6) is 0 Å². The highest BCUT2D eigenvalue weighted by Crippen LogP contribution is 2.26. The van der Waals surface area contributed by atoms with E-state index in [2.05, 4.69) is 29.2 Å². The average molecular weight is 313 g/mol. The SMILES string of the molecule is Cc1noc(C)c1CC(=O)N1CCN(C)C[C@H]1c1ccccc1. The molecule has 2 aromatic rings. The predicted molar refractivity (Wildman–Crippen MR) is 88.1 cm³/mol. The number of aryl methyl sites for hydroxylation is 2. The zero-order valence-electron chi connectivity index (χ0n) is 14.0. The summed E-state index contributed by atoms with van der Waals surface area (Å²) in [7, 11) is 2.10. The maximum Gasteiger partial charge on any atom is 0.227 e. The van der Waals surface area contributed by atoms with Crippen LogP contribution in [-0.4, -0.2) is 47.5 Å². The number of nitrogens with zero attached hydrogens (tertiary/aromatic N) is 3. The van der Waals surface area contributed by atoms with E-state index in [9.17, 15) is 4.79 Å². The van der Waals surface area contributed by atoms with Crippen molar-refractivity contribution >= 4 is 5.91 Å². The van der Waals surface area contributed by atoms with Gasteiger partial charge in [0, 0.05) is 25.2 Å².